The molecule has 0 amide bonds. The fourth-order valence-corrected chi connectivity index (χ4v) is 5.53. The molecule has 3 heteroatoms. The van der Waals surface area contributed by atoms with E-state index in [-0.39, 0.29) is 5.78 Å². The molecule has 0 radical (unpaired) electrons. The van der Waals surface area contributed by atoms with Crippen LogP contribution in [0.1, 0.15) is 58.3 Å². The molecule has 3 nitrogen and oxygen atoms in total. The number of nitriles is 1. The van der Waals surface area contributed by atoms with Crippen LogP contribution in [0, 0.1) is 11.3 Å². The van der Waals surface area contributed by atoms with Crippen molar-refractivity contribution in [3.63, 3.8) is 0 Å². The molecule has 1 aliphatic heterocycles. The fourth-order valence-electron chi connectivity index (χ4n) is 5.53. The van der Waals surface area contributed by atoms with Crippen LogP contribution >= 0.6 is 0 Å². The van der Waals surface area contributed by atoms with Gasteiger partial charge in [0.2, 0.25) is 0 Å². The van der Waals surface area contributed by atoms with Gasteiger partial charge < -0.3 is 4.90 Å². The first-order chi connectivity index (χ1) is 15.8. The Morgan fingerprint density at radius 3 is 2.50 bits per heavy atom. The van der Waals surface area contributed by atoms with Crippen molar-refractivity contribution in [1.82, 2.24) is 0 Å². The molecule has 0 spiro atoms. The van der Waals surface area contributed by atoms with Gasteiger partial charge in [-0.1, -0.05) is 48.6 Å². The van der Waals surface area contributed by atoms with Crippen LogP contribution in [0.25, 0.3) is 28.3 Å². The highest BCUT2D eigenvalue weighted by Crippen LogP contribution is 2.47. The predicted molar refractivity (Wildman–Crippen MR) is 129 cm³/mol. The predicted octanol–water partition coefficient (Wildman–Crippen LogP) is 6.39. The third kappa shape index (κ3) is 2.83. The van der Waals surface area contributed by atoms with E-state index in [4.69, 9.17) is 0 Å². The minimum atomic E-state index is 0.0283. The molecule has 0 N–H and O–H groups in total. The number of hydrogen-bond donors (Lipinski definition) is 0. The van der Waals surface area contributed by atoms with E-state index < -0.39 is 0 Å². The second-order valence-corrected chi connectivity index (χ2v) is 8.96. The highest BCUT2D eigenvalue weighted by molar-refractivity contribution is 6.26. The summed E-state index contributed by atoms with van der Waals surface area (Å²) in [5, 5.41) is 10.2. The van der Waals surface area contributed by atoms with E-state index in [0.29, 0.717) is 16.7 Å². The molecule has 3 aromatic rings. The maximum atomic E-state index is 13.6. The number of hydrogen-bond acceptors (Lipinski definition) is 3. The molecule has 0 unspecified atom stereocenters. The van der Waals surface area contributed by atoms with Crippen LogP contribution in [0.2, 0.25) is 0 Å². The van der Waals surface area contributed by atoms with Gasteiger partial charge in [0.15, 0.2) is 5.78 Å². The van der Waals surface area contributed by atoms with Crippen molar-refractivity contribution in [2.24, 2.45) is 0 Å². The van der Waals surface area contributed by atoms with Gasteiger partial charge in [0.25, 0.3) is 0 Å². The zero-order chi connectivity index (χ0) is 21.7. The van der Waals surface area contributed by atoms with Gasteiger partial charge in [-0.2, -0.15) is 5.26 Å². The Morgan fingerprint density at radius 1 is 0.875 bits per heavy atom. The summed E-state index contributed by atoms with van der Waals surface area (Å²) in [4.78, 5) is 15.9. The Labute approximate surface area is 188 Å². The molecule has 3 aliphatic rings. The van der Waals surface area contributed by atoms with Gasteiger partial charge in [-0.05, 0) is 72.1 Å². The summed E-state index contributed by atoms with van der Waals surface area (Å²) in [5.74, 6) is 0.0283. The molecule has 0 saturated carbocycles. The van der Waals surface area contributed by atoms with Gasteiger partial charge in [0.05, 0.1) is 11.3 Å². The van der Waals surface area contributed by atoms with Crippen molar-refractivity contribution in [1.29, 1.82) is 5.26 Å². The van der Waals surface area contributed by atoms with Crippen molar-refractivity contribution in [2.75, 3.05) is 18.0 Å². The molecule has 0 atom stereocenters. The third-order valence-corrected chi connectivity index (χ3v) is 7.12. The van der Waals surface area contributed by atoms with Gasteiger partial charge in [-0.25, -0.2) is 0 Å². The summed E-state index contributed by atoms with van der Waals surface area (Å²) >= 11 is 0. The second kappa shape index (κ2) is 7.50. The first-order valence-corrected chi connectivity index (χ1v) is 11.6. The number of aryl methyl sites for hydroxylation is 1. The van der Waals surface area contributed by atoms with Crippen LogP contribution in [0.15, 0.2) is 54.6 Å². The topological polar surface area (TPSA) is 44.1 Å². The molecule has 0 aromatic heterocycles. The zero-order valence-electron chi connectivity index (χ0n) is 18.0. The van der Waals surface area contributed by atoms with E-state index in [2.05, 4.69) is 47.4 Å². The summed E-state index contributed by atoms with van der Waals surface area (Å²) in [6.45, 7) is 1.91. The normalized spacial score (nSPS) is 16.3. The highest BCUT2D eigenvalue weighted by atomic mass is 16.1. The molecule has 1 fully saturated rings. The molecule has 0 bridgehead atoms. The maximum Gasteiger partial charge on any atom is 0.194 e. The summed E-state index contributed by atoms with van der Waals surface area (Å²) in [7, 11) is 0. The van der Waals surface area contributed by atoms with Crippen LogP contribution in [0.4, 0.5) is 5.69 Å². The summed E-state index contributed by atoms with van der Waals surface area (Å²) < 4.78 is 0. The molecule has 1 heterocycles. The quantitative estimate of drug-likeness (QED) is 0.380. The molecule has 3 aromatic carbocycles. The minimum Gasteiger partial charge on any atom is -0.370 e. The van der Waals surface area contributed by atoms with E-state index in [1.165, 1.54) is 17.5 Å². The van der Waals surface area contributed by atoms with Crippen LogP contribution < -0.4 is 4.90 Å². The number of rotatable bonds is 2. The number of nitrogens with zero attached hydrogens (tertiary/aromatic N) is 2. The van der Waals surface area contributed by atoms with Crippen LogP contribution in [0.3, 0.4) is 0 Å². The number of carbonyl (C=O) groups excluding carboxylic acids is 1. The number of allylic oxidation sites excluding steroid dienone is 1. The number of carbonyl (C=O) groups is 1. The van der Waals surface area contributed by atoms with E-state index in [1.54, 1.807) is 0 Å². The summed E-state index contributed by atoms with van der Waals surface area (Å²) in [6.07, 6.45) is 10.0. The Morgan fingerprint density at radius 2 is 1.69 bits per heavy atom. The zero-order valence-corrected chi connectivity index (χ0v) is 18.0. The fraction of sp³-hybridized carbons (Fsp3) is 0.241. The average Bonchev–Trinajstić information content (AvgIpc) is 3.16. The molecule has 156 valence electrons. The molecule has 32 heavy (non-hydrogen) atoms. The Balaban J connectivity index is 1.65. The number of piperidine rings is 1. The van der Waals surface area contributed by atoms with E-state index in [0.717, 1.165) is 66.7 Å². The van der Waals surface area contributed by atoms with Crippen molar-refractivity contribution in [3.05, 3.63) is 82.4 Å². The number of benzene rings is 3. The Hall–Kier alpha value is -3.64. The lowest BCUT2D eigenvalue weighted by atomic mass is 9.87. The lowest BCUT2D eigenvalue weighted by Gasteiger charge is -2.31. The second-order valence-electron chi connectivity index (χ2n) is 8.96. The van der Waals surface area contributed by atoms with Crippen molar-refractivity contribution < 1.29 is 4.79 Å². The van der Waals surface area contributed by atoms with Gasteiger partial charge in [-0.15, -0.1) is 0 Å². The smallest absolute Gasteiger partial charge is 0.194 e. The monoisotopic (exact) mass is 416 g/mol. The highest BCUT2D eigenvalue weighted by Gasteiger charge is 2.34. The van der Waals surface area contributed by atoms with Gasteiger partial charge in [0, 0.05) is 29.8 Å². The first-order valence-electron chi connectivity index (χ1n) is 11.6. The number of anilines is 1. The number of fused-ring (bicyclic) bond motifs is 4. The Bertz CT molecular complexity index is 1340. The van der Waals surface area contributed by atoms with Crippen LogP contribution in [0.5, 0.6) is 0 Å². The molecule has 2 aliphatic carbocycles. The lowest BCUT2D eigenvalue weighted by Crippen LogP contribution is -2.30. The van der Waals surface area contributed by atoms with E-state index in [9.17, 15) is 10.1 Å². The average molecular weight is 417 g/mol. The standard InChI is InChI=1S/C29H24N2O/c30-18-25-26(31-14-6-1-7-15-31)17-24(21-13-12-19-8-2-3-9-20(19)16-21)28-27(25)22-10-4-5-11-23(22)29(28)32/h3-5,9-13,16-17H,1-2,6-8,14-15H2. The lowest BCUT2D eigenvalue weighted by molar-refractivity contribution is 0.104. The summed E-state index contributed by atoms with van der Waals surface area (Å²) in [6, 6.07) is 18.9. The van der Waals surface area contributed by atoms with E-state index in [1.807, 2.05) is 24.3 Å². The van der Waals surface area contributed by atoms with Crippen LogP contribution in [-0.2, 0) is 6.42 Å². The third-order valence-electron chi connectivity index (χ3n) is 7.12. The van der Waals surface area contributed by atoms with Crippen molar-refractivity contribution in [2.45, 2.75) is 32.1 Å². The van der Waals surface area contributed by atoms with Gasteiger partial charge in [-0.3, -0.25) is 4.79 Å². The SMILES string of the molecule is N#Cc1c(N2CCCCC2)cc(-c2ccc3c(c2)C=CCC3)c2c1-c1ccccc1C2=O. The largest absolute Gasteiger partial charge is 0.370 e. The first kappa shape index (κ1) is 19.1. The van der Waals surface area contributed by atoms with E-state index >= 15 is 0 Å². The maximum absolute atomic E-state index is 13.6. The van der Waals surface area contributed by atoms with Crippen molar-refractivity contribution in [3.8, 4) is 28.3 Å². The molecular weight excluding hydrogens is 392 g/mol. The number of ketones is 1. The van der Waals surface area contributed by atoms with Gasteiger partial charge >= 0.3 is 0 Å². The molecule has 1 saturated heterocycles. The molecule has 6 rings (SSSR count). The van der Waals surface area contributed by atoms with Gasteiger partial charge in [0.1, 0.15) is 6.07 Å². The van der Waals surface area contributed by atoms with Crippen LogP contribution in [-0.4, -0.2) is 18.9 Å². The summed E-state index contributed by atoms with van der Waals surface area (Å²) in [5.41, 5.74) is 9.29. The molecular formula is C29H24N2O. The van der Waals surface area contributed by atoms with Crippen molar-refractivity contribution >= 4 is 17.5 Å². The Kier molecular flexibility index (Phi) is 4.47. The minimum absolute atomic E-state index is 0.0283.